The lowest BCUT2D eigenvalue weighted by Crippen LogP contribution is -2.51. The number of carboxylic acid groups (broad SMARTS) is 4. The number of hydrogen-bond donors (Lipinski definition) is 4. The van der Waals surface area contributed by atoms with Crippen LogP contribution in [0.4, 0.5) is 0 Å². The van der Waals surface area contributed by atoms with Gasteiger partial charge in [0.25, 0.3) is 6.47 Å². The molecule has 0 amide bonds. The molecule has 0 aromatic heterocycles. The summed E-state index contributed by atoms with van der Waals surface area (Å²) in [5.74, 6) is -2.77. The Labute approximate surface area is 190 Å². The van der Waals surface area contributed by atoms with Crippen molar-refractivity contribution in [2.24, 2.45) is 0 Å². The lowest BCUT2D eigenvalue weighted by Gasteiger charge is -2.36. The zero-order valence-corrected chi connectivity index (χ0v) is 19.6. The summed E-state index contributed by atoms with van der Waals surface area (Å²) in [6.45, 7) is 11.8. The number of aliphatic carboxylic acids is 3. The molecule has 12 heteroatoms. The summed E-state index contributed by atoms with van der Waals surface area (Å²) in [5, 5.41) is 34.3. The largest absolute Gasteiger partial charge is 0.483 e. The Bertz CT molecular complexity index is 550. The van der Waals surface area contributed by atoms with Crippen molar-refractivity contribution in [2.45, 2.75) is 33.7 Å². The maximum atomic E-state index is 11.2. The van der Waals surface area contributed by atoms with E-state index in [1.54, 1.807) is 4.90 Å². The van der Waals surface area contributed by atoms with Crippen molar-refractivity contribution in [1.82, 2.24) is 19.6 Å². The molecule has 12 nitrogen and oxygen atoms in total. The van der Waals surface area contributed by atoms with E-state index in [1.165, 1.54) is 0 Å². The van der Waals surface area contributed by atoms with Gasteiger partial charge in [-0.3, -0.25) is 38.8 Å². The number of carbonyl (C=O) groups is 4. The average molecular weight is 465 g/mol. The molecule has 0 aromatic carbocycles. The molecule has 1 aliphatic rings. The molecule has 1 unspecified atom stereocenters. The zero-order chi connectivity index (χ0) is 25.1. The summed E-state index contributed by atoms with van der Waals surface area (Å²) < 4.78 is 0. The van der Waals surface area contributed by atoms with Crippen LogP contribution in [0.5, 0.6) is 0 Å². The van der Waals surface area contributed by atoms with E-state index >= 15 is 0 Å². The van der Waals surface area contributed by atoms with E-state index in [-0.39, 0.29) is 32.1 Å². The molecule has 0 aromatic rings. The predicted molar refractivity (Wildman–Crippen MR) is 119 cm³/mol. The summed E-state index contributed by atoms with van der Waals surface area (Å²) >= 11 is 0. The van der Waals surface area contributed by atoms with Crippen LogP contribution in [0.3, 0.4) is 0 Å². The normalized spacial score (nSPS) is 19.7. The first-order valence-corrected chi connectivity index (χ1v) is 10.8. The number of likely N-dealkylation sites (N-methyl/N-ethyl adjacent to an activating group) is 1. The molecule has 1 aliphatic heterocycles. The predicted octanol–water partition coefficient (Wildman–Crippen LogP) is -0.403. The van der Waals surface area contributed by atoms with Crippen molar-refractivity contribution in [2.75, 3.05) is 72.0 Å². The first-order valence-electron chi connectivity index (χ1n) is 10.8. The van der Waals surface area contributed by atoms with Gasteiger partial charge >= 0.3 is 17.9 Å². The Hall–Kier alpha value is -2.28. The van der Waals surface area contributed by atoms with E-state index < -0.39 is 17.9 Å². The third-order valence-electron chi connectivity index (χ3n) is 4.80. The zero-order valence-electron chi connectivity index (χ0n) is 19.6. The van der Waals surface area contributed by atoms with Crippen LogP contribution in [0.25, 0.3) is 0 Å². The molecule has 1 rings (SSSR count). The molecular weight excluding hydrogens is 424 g/mol. The molecule has 0 bridgehead atoms. The van der Waals surface area contributed by atoms with Crippen molar-refractivity contribution in [3.8, 4) is 0 Å². The van der Waals surface area contributed by atoms with Crippen molar-refractivity contribution in [3.63, 3.8) is 0 Å². The topological polar surface area (TPSA) is 162 Å². The van der Waals surface area contributed by atoms with Gasteiger partial charge in [-0.1, -0.05) is 20.8 Å². The minimum atomic E-state index is -0.956. The van der Waals surface area contributed by atoms with Crippen LogP contribution >= 0.6 is 0 Å². The quantitative estimate of drug-likeness (QED) is 0.361. The highest BCUT2D eigenvalue weighted by Crippen LogP contribution is 2.06. The van der Waals surface area contributed by atoms with Gasteiger partial charge in [0.2, 0.25) is 0 Å². The summed E-state index contributed by atoms with van der Waals surface area (Å²) in [6, 6.07) is 0.105. The van der Waals surface area contributed by atoms with Gasteiger partial charge in [0, 0.05) is 51.9 Å². The molecule has 0 radical (unpaired) electrons. The second-order valence-electron chi connectivity index (χ2n) is 7.05. The molecule has 32 heavy (non-hydrogen) atoms. The maximum absolute atomic E-state index is 11.2. The second-order valence-corrected chi connectivity index (χ2v) is 7.05. The van der Waals surface area contributed by atoms with Gasteiger partial charge in [-0.05, 0) is 13.5 Å². The molecule has 1 saturated heterocycles. The van der Waals surface area contributed by atoms with E-state index in [9.17, 15) is 14.4 Å². The molecule has 4 N–H and O–H groups in total. The van der Waals surface area contributed by atoms with Crippen molar-refractivity contribution >= 4 is 24.4 Å². The van der Waals surface area contributed by atoms with Crippen LogP contribution in [-0.4, -0.2) is 142 Å². The Balaban J connectivity index is 0. The molecule has 1 heterocycles. The van der Waals surface area contributed by atoms with Crippen LogP contribution in [0, 0.1) is 0 Å². The van der Waals surface area contributed by atoms with Crippen LogP contribution in [0.2, 0.25) is 0 Å². The summed E-state index contributed by atoms with van der Waals surface area (Å²) in [5.41, 5.74) is 0. The van der Waals surface area contributed by atoms with Gasteiger partial charge in [-0.25, -0.2) is 0 Å². The van der Waals surface area contributed by atoms with Crippen LogP contribution in [0.15, 0.2) is 0 Å². The lowest BCUT2D eigenvalue weighted by molar-refractivity contribution is -0.140. The van der Waals surface area contributed by atoms with Gasteiger partial charge in [0.1, 0.15) is 0 Å². The van der Waals surface area contributed by atoms with Crippen molar-refractivity contribution in [3.05, 3.63) is 0 Å². The molecular formula is C20H40N4O8. The van der Waals surface area contributed by atoms with E-state index in [4.69, 9.17) is 25.2 Å². The van der Waals surface area contributed by atoms with E-state index in [2.05, 4.69) is 4.90 Å². The van der Waals surface area contributed by atoms with Crippen LogP contribution in [0.1, 0.15) is 27.7 Å². The fourth-order valence-electron chi connectivity index (χ4n) is 3.36. The molecule has 1 fully saturated rings. The molecule has 0 saturated carbocycles. The third-order valence-corrected chi connectivity index (χ3v) is 4.80. The van der Waals surface area contributed by atoms with Crippen molar-refractivity contribution < 1.29 is 39.6 Å². The summed E-state index contributed by atoms with van der Waals surface area (Å²) in [6.07, 6.45) is 0. The lowest BCUT2D eigenvalue weighted by atomic mass is 10.2. The highest BCUT2D eigenvalue weighted by molar-refractivity contribution is 5.69. The monoisotopic (exact) mass is 464 g/mol. The van der Waals surface area contributed by atoms with E-state index in [1.807, 2.05) is 37.5 Å². The Kier molecular flexibility index (Phi) is 19.3. The molecule has 1 atom stereocenters. The maximum Gasteiger partial charge on any atom is 0.317 e. The average Bonchev–Trinajstić information content (AvgIpc) is 2.70. The summed E-state index contributed by atoms with van der Waals surface area (Å²) in [7, 11) is 0. The van der Waals surface area contributed by atoms with Gasteiger partial charge in [0.05, 0.1) is 19.6 Å². The van der Waals surface area contributed by atoms with Gasteiger partial charge in [-0.15, -0.1) is 0 Å². The molecule has 0 spiro atoms. The van der Waals surface area contributed by atoms with Crippen LogP contribution in [-0.2, 0) is 19.2 Å². The number of hydrogen-bond acceptors (Lipinski definition) is 8. The number of nitrogens with zero attached hydrogens (tertiary/aromatic N) is 4. The molecule has 188 valence electrons. The first-order chi connectivity index (χ1) is 15.1. The minimum Gasteiger partial charge on any atom is -0.483 e. The second kappa shape index (κ2) is 19.4. The first kappa shape index (κ1) is 31.9. The Morgan fingerprint density at radius 3 is 1.44 bits per heavy atom. The number of rotatable bonds is 7. The molecule has 0 aliphatic carbocycles. The van der Waals surface area contributed by atoms with Gasteiger partial charge in [0.15, 0.2) is 0 Å². The highest BCUT2D eigenvalue weighted by Gasteiger charge is 2.22. The minimum absolute atomic E-state index is 0.0853. The Morgan fingerprint density at radius 2 is 1.09 bits per heavy atom. The number of carboxylic acids is 3. The van der Waals surface area contributed by atoms with Crippen LogP contribution < -0.4 is 0 Å². The third kappa shape index (κ3) is 16.4. The fraction of sp³-hybridized carbons (Fsp3) is 0.800. The van der Waals surface area contributed by atoms with Gasteiger partial charge in [-0.2, -0.15) is 0 Å². The fourth-order valence-corrected chi connectivity index (χ4v) is 3.36. The standard InChI is InChI=1S/C17H32N4O6.C2H6.CH2O2/c1-3-21-9-8-19(12-16(24)25)5-4-18(11-15(22)23)6-7-20(10-14(21)2)13-17(26)27;1-2;2-1-3/h14H,3-13H2,1-2H3,(H,22,23)(H,24,25)(H,26,27);1-2H3;1H,(H,2,3). The van der Waals surface area contributed by atoms with Gasteiger partial charge < -0.3 is 20.4 Å². The Morgan fingerprint density at radius 1 is 0.781 bits per heavy atom. The summed E-state index contributed by atoms with van der Waals surface area (Å²) in [4.78, 5) is 49.4. The van der Waals surface area contributed by atoms with E-state index in [0.29, 0.717) is 45.8 Å². The van der Waals surface area contributed by atoms with Crippen molar-refractivity contribution in [1.29, 1.82) is 0 Å². The smallest absolute Gasteiger partial charge is 0.317 e. The SMILES string of the molecule is CC.CCN1CCN(CC(=O)O)CCN(CC(=O)O)CCN(CC(=O)O)CC1C.O=CO. The highest BCUT2D eigenvalue weighted by atomic mass is 16.4. The van der Waals surface area contributed by atoms with E-state index in [0.717, 1.165) is 6.54 Å².